The molecule has 0 bridgehead atoms. The number of hydrogen-bond donors (Lipinski definition) is 0. The summed E-state index contributed by atoms with van der Waals surface area (Å²) < 4.78 is 0. The summed E-state index contributed by atoms with van der Waals surface area (Å²) in [6, 6.07) is 16.7. The van der Waals surface area contributed by atoms with Gasteiger partial charge in [0.2, 0.25) is 0 Å². The Kier molecular flexibility index (Phi) is 5.28. The number of hydrogen-bond acceptors (Lipinski definition) is 2. The molecule has 160 valence electrons. The average Bonchev–Trinajstić information content (AvgIpc) is 2.60. The van der Waals surface area contributed by atoms with Gasteiger partial charge in [-0.3, -0.25) is 0 Å². The van der Waals surface area contributed by atoms with Crippen molar-refractivity contribution in [2.75, 3.05) is 0 Å². The van der Waals surface area contributed by atoms with Crippen LogP contribution in [0.1, 0.15) is 123 Å². The molecule has 0 heterocycles. The summed E-state index contributed by atoms with van der Waals surface area (Å²) in [6.45, 7) is 0. The molecule has 6 rings (SSSR count). The molecule has 0 atom stereocenters. The molecule has 0 amide bonds. The Morgan fingerprint density at radius 3 is 1.16 bits per heavy atom. The van der Waals surface area contributed by atoms with Crippen LogP contribution in [0.4, 0.5) is 11.4 Å². The summed E-state index contributed by atoms with van der Waals surface area (Å²) in [6.07, 6.45) is 16.4. The van der Waals surface area contributed by atoms with Gasteiger partial charge in [0.05, 0.1) is 11.4 Å². The molecule has 0 unspecified atom stereocenters. The second-order valence-electron chi connectivity index (χ2n) is 10.5. The van der Waals surface area contributed by atoms with Gasteiger partial charge in [0, 0.05) is 0 Å². The molecular formula is C29H34N2. The Morgan fingerprint density at radius 1 is 0.484 bits per heavy atom. The maximum Gasteiger partial charge on any atom is 0.100 e. The summed E-state index contributed by atoms with van der Waals surface area (Å²) in [5, 5.41) is 0. The lowest BCUT2D eigenvalue weighted by Crippen LogP contribution is -2.16. The van der Waals surface area contributed by atoms with Gasteiger partial charge in [0.25, 0.3) is 0 Å². The number of aliphatic imine (C=N–C) groups is 2. The quantitative estimate of drug-likeness (QED) is 0.425. The van der Waals surface area contributed by atoms with E-state index in [0.29, 0.717) is 0 Å². The van der Waals surface area contributed by atoms with Gasteiger partial charge < -0.3 is 0 Å². The molecule has 4 fully saturated rings. The van der Waals surface area contributed by atoms with Crippen LogP contribution in [0.3, 0.4) is 0 Å². The highest BCUT2D eigenvalue weighted by Crippen LogP contribution is 2.47. The van der Waals surface area contributed by atoms with Gasteiger partial charge >= 0.3 is 0 Å². The monoisotopic (exact) mass is 410 g/mol. The van der Waals surface area contributed by atoms with Crippen LogP contribution in [0.15, 0.2) is 46.4 Å². The Hall–Kier alpha value is -2.18. The SMILES string of the molecule is C(=Nc1ccc(C2CCC2)c(C2CCC2)c1)=Nc1ccc(C2CCC2)c(C2CCC2)c1. The lowest BCUT2D eigenvalue weighted by molar-refractivity contribution is 0.388. The molecule has 0 saturated heterocycles. The van der Waals surface area contributed by atoms with E-state index >= 15 is 0 Å². The largest absolute Gasteiger partial charge is 0.188 e. The van der Waals surface area contributed by atoms with Crippen molar-refractivity contribution in [2.24, 2.45) is 9.98 Å². The fourth-order valence-corrected chi connectivity index (χ4v) is 5.73. The molecule has 0 spiro atoms. The molecule has 31 heavy (non-hydrogen) atoms. The minimum absolute atomic E-state index is 0.756. The van der Waals surface area contributed by atoms with Crippen LogP contribution in [-0.4, -0.2) is 6.01 Å². The van der Waals surface area contributed by atoms with E-state index in [-0.39, 0.29) is 0 Å². The van der Waals surface area contributed by atoms with Crippen molar-refractivity contribution in [1.82, 2.24) is 0 Å². The van der Waals surface area contributed by atoms with Gasteiger partial charge in [-0.15, -0.1) is 0 Å². The fourth-order valence-electron chi connectivity index (χ4n) is 5.73. The van der Waals surface area contributed by atoms with Crippen LogP contribution >= 0.6 is 0 Å². The van der Waals surface area contributed by atoms with Crippen LogP contribution < -0.4 is 0 Å². The van der Waals surface area contributed by atoms with Crippen LogP contribution in [0.25, 0.3) is 0 Å². The fraction of sp³-hybridized carbons (Fsp3) is 0.552. The Labute approximate surface area is 186 Å². The highest BCUT2D eigenvalue weighted by Gasteiger charge is 2.29. The lowest BCUT2D eigenvalue weighted by atomic mass is 9.71. The predicted molar refractivity (Wildman–Crippen MR) is 128 cm³/mol. The zero-order valence-electron chi connectivity index (χ0n) is 18.7. The molecule has 0 aliphatic heterocycles. The molecular weight excluding hydrogens is 376 g/mol. The van der Waals surface area contributed by atoms with E-state index in [4.69, 9.17) is 0 Å². The zero-order chi connectivity index (χ0) is 20.6. The second-order valence-corrected chi connectivity index (χ2v) is 10.5. The minimum Gasteiger partial charge on any atom is -0.188 e. The van der Waals surface area contributed by atoms with E-state index in [1.54, 1.807) is 22.3 Å². The first-order valence-corrected chi connectivity index (χ1v) is 12.8. The van der Waals surface area contributed by atoms with Crippen molar-refractivity contribution >= 4 is 17.4 Å². The molecule has 2 nitrogen and oxygen atoms in total. The Bertz CT molecular complexity index is 934. The van der Waals surface area contributed by atoms with E-state index in [1.165, 1.54) is 77.0 Å². The highest BCUT2D eigenvalue weighted by atomic mass is 14.8. The van der Waals surface area contributed by atoms with Crippen molar-refractivity contribution in [3.8, 4) is 0 Å². The van der Waals surface area contributed by atoms with Crippen molar-refractivity contribution in [1.29, 1.82) is 0 Å². The zero-order valence-corrected chi connectivity index (χ0v) is 18.7. The van der Waals surface area contributed by atoms with Crippen LogP contribution in [0, 0.1) is 0 Å². The number of benzene rings is 2. The van der Waals surface area contributed by atoms with Crippen LogP contribution in [0.2, 0.25) is 0 Å². The minimum atomic E-state index is 0.756. The van der Waals surface area contributed by atoms with Gasteiger partial charge in [-0.25, -0.2) is 0 Å². The molecule has 4 saturated carbocycles. The van der Waals surface area contributed by atoms with Crippen LogP contribution in [0.5, 0.6) is 0 Å². The maximum atomic E-state index is 4.62. The summed E-state index contributed by atoms with van der Waals surface area (Å²) >= 11 is 0. The smallest absolute Gasteiger partial charge is 0.100 e. The van der Waals surface area contributed by atoms with E-state index in [0.717, 1.165) is 35.0 Å². The van der Waals surface area contributed by atoms with Gasteiger partial charge in [-0.2, -0.15) is 9.98 Å². The van der Waals surface area contributed by atoms with Gasteiger partial charge in [-0.05, 0) is 122 Å². The summed E-state index contributed by atoms with van der Waals surface area (Å²) in [5.41, 5.74) is 8.36. The normalized spacial score (nSPS) is 21.9. The first-order valence-electron chi connectivity index (χ1n) is 12.8. The van der Waals surface area contributed by atoms with Gasteiger partial charge in [0.15, 0.2) is 0 Å². The Morgan fingerprint density at radius 2 is 0.839 bits per heavy atom. The van der Waals surface area contributed by atoms with Crippen molar-refractivity contribution in [2.45, 2.75) is 101 Å². The molecule has 0 radical (unpaired) electrons. The van der Waals surface area contributed by atoms with E-state index in [2.05, 4.69) is 52.4 Å². The third-order valence-corrected chi connectivity index (χ3v) is 8.68. The third-order valence-electron chi connectivity index (χ3n) is 8.68. The molecule has 2 aromatic rings. The van der Waals surface area contributed by atoms with E-state index < -0.39 is 0 Å². The van der Waals surface area contributed by atoms with E-state index in [9.17, 15) is 0 Å². The topological polar surface area (TPSA) is 24.7 Å². The lowest BCUT2D eigenvalue weighted by Gasteiger charge is -2.34. The molecule has 2 heteroatoms. The highest BCUT2D eigenvalue weighted by molar-refractivity contribution is 5.60. The second kappa shape index (κ2) is 8.40. The standard InChI is InChI=1S/C29H34N2/c1-5-20(6-1)26-15-13-24(17-28(26)22-9-3-10-22)30-19-31-25-14-16-27(21-7-2-8-21)29(18-25)23-11-4-12-23/h13-18,20-23H,1-12H2. The Balaban J connectivity index is 1.25. The molecule has 2 aromatic carbocycles. The van der Waals surface area contributed by atoms with Gasteiger partial charge in [0.1, 0.15) is 6.01 Å². The maximum absolute atomic E-state index is 4.62. The first-order chi connectivity index (χ1) is 15.3. The van der Waals surface area contributed by atoms with Crippen molar-refractivity contribution < 1.29 is 0 Å². The average molecular weight is 411 g/mol. The predicted octanol–water partition coefficient (Wildman–Crippen LogP) is 8.89. The van der Waals surface area contributed by atoms with Crippen molar-refractivity contribution in [3.63, 3.8) is 0 Å². The summed E-state index contributed by atoms with van der Waals surface area (Å²) in [7, 11) is 0. The molecule has 0 aromatic heterocycles. The summed E-state index contributed by atoms with van der Waals surface area (Å²) in [4.78, 5) is 9.25. The third kappa shape index (κ3) is 3.80. The molecule has 4 aliphatic rings. The number of rotatable bonds is 6. The summed E-state index contributed by atoms with van der Waals surface area (Å²) in [5.74, 6) is 3.10. The van der Waals surface area contributed by atoms with Crippen LogP contribution in [-0.2, 0) is 0 Å². The molecule has 0 N–H and O–H groups in total. The number of nitrogens with zero attached hydrogens (tertiary/aromatic N) is 2. The first kappa shape index (κ1) is 19.5. The van der Waals surface area contributed by atoms with Gasteiger partial charge in [-0.1, -0.05) is 37.8 Å². The van der Waals surface area contributed by atoms with E-state index in [1.807, 2.05) is 0 Å². The van der Waals surface area contributed by atoms with Crippen molar-refractivity contribution in [3.05, 3.63) is 58.7 Å². The molecule has 4 aliphatic carbocycles.